The highest BCUT2D eigenvalue weighted by Gasteiger charge is 2.57. The molecule has 0 N–H and O–H groups in total. The van der Waals surface area contributed by atoms with Crippen LogP contribution in [0, 0.1) is 0 Å². The maximum Gasteiger partial charge on any atom is 0.508 e. The van der Waals surface area contributed by atoms with E-state index < -0.39 is 31.0 Å². The fourth-order valence-electron chi connectivity index (χ4n) is 0.627. The first-order valence-corrected chi connectivity index (χ1v) is 3.99. The van der Waals surface area contributed by atoms with E-state index in [1.54, 1.807) is 0 Å². The molecule has 16 heavy (non-hydrogen) atoms. The van der Waals surface area contributed by atoms with Crippen molar-refractivity contribution in [2.45, 2.75) is 25.2 Å². The minimum atomic E-state index is -5.72. The van der Waals surface area contributed by atoms with Gasteiger partial charge in [-0.1, -0.05) is 0 Å². The molecule has 9 heteroatoms. The molecule has 0 radical (unpaired) electrons. The van der Waals surface area contributed by atoms with Gasteiger partial charge < -0.3 is 9.47 Å². The lowest BCUT2D eigenvalue weighted by Gasteiger charge is -2.21. The molecule has 96 valence electrons. The number of hydrogen-bond acceptors (Lipinski definition) is 3. The average molecular weight is 254 g/mol. The Kier molecular flexibility index (Phi) is 4.88. The molecule has 0 aromatic carbocycles. The molecule has 0 aliphatic rings. The lowest BCUT2D eigenvalue weighted by molar-refractivity contribution is -0.252. The van der Waals surface area contributed by atoms with Crippen LogP contribution in [0.5, 0.6) is 0 Å². The monoisotopic (exact) mass is 254 g/mol. The summed E-state index contributed by atoms with van der Waals surface area (Å²) in [6, 6.07) is 0. The second kappa shape index (κ2) is 5.26. The van der Waals surface area contributed by atoms with Gasteiger partial charge in [-0.15, -0.1) is 0 Å². The number of hydrogen-bond donors (Lipinski definition) is 0. The van der Waals surface area contributed by atoms with Crippen molar-refractivity contribution in [3.05, 3.63) is 0 Å². The Bertz CT molecular complexity index is 239. The molecular formula is C7H8F6O3. The molecule has 0 aliphatic heterocycles. The number of halogens is 6. The third kappa shape index (κ3) is 4.58. The highest BCUT2D eigenvalue weighted by Crippen LogP contribution is 2.34. The first-order valence-electron chi connectivity index (χ1n) is 3.99. The van der Waals surface area contributed by atoms with Gasteiger partial charge in [-0.3, -0.25) is 0 Å². The Balaban J connectivity index is 4.30. The maximum atomic E-state index is 12.5. The summed E-state index contributed by atoms with van der Waals surface area (Å²) in [4.78, 5) is 10.4. The van der Waals surface area contributed by atoms with Crippen molar-refractivity contribution in [1.82, 2.24) is 0 Å². The molecule has 0 saturated carbocycles. The zero-order chi connectivity index (χ0) is 13.0. The summed E-state index contributed by atoms with van der Waals surface area (Å²) in [6.07, 6.45) is -11.7. The molecule has 0 amide bonds. The summed E-state index contributed by atoms with van der Waals surface area (Å²) in [5, 5.41) is 0. The van der Waals surface area contributed by atoms with E-state index in [0.29, 0.717) is 0 Å². The minimum absolute atomic E-state index is 0.206. The topological polar surface area (TPSA) is 35.5 Å². The van der Waals surface area contributed by atoms with E-state index in [0.717, 1.165) is 0 Å². The van der Waals surface area contributed by atoms with Crippen LogP contribution in [0.4, 0.5) is 31.1 Å². The van der Waals surface area contributed by atoms with Gasteiger partial charge in [-0.25, -0.2) is 9.18 Å². The summed E-state index contributed by atoms with van der Waals surface area (Å²) in [6.45, 7) is -0.914. The fraction of sp³-hybridized carbons (Fsp3) is 0.857. The van der Waals surface area contributed by atoms with Crippen LogP contribution in [-0.2, 0) is 9.47 Å². The number of alkyl halides is 6. The highest BCUT2D eigenvalue weighted by molar-refractivity contribution is 5.59. The van der Waals surface area contributed by atoms with Crippen molar-refractivity contribution in [3.8, 4) is 0 Å². The summed E-state index contributed by atoms with van der Waals surface area (Å²) < 4.78 is 79.6. The van der Waals surface area contributed by atoms with Crippen molar-refractivity contribution >= 4 is 6.16 Å². The predicted molar refractivity (Wildman–Crippen MR) is 38.9 cm³/mol. The van der Waals surface area contributed by atoms with Gasteiger partial charge in [-0.05, 0) is 6.92 Å². The van der Waals surface area contributed by atoms with E-state index in [2.05, 4.69) is 9.47 Å². The van der Waals surface area contributed by atoms with Gasteiger partial charge in [0.1, 0.15) is 0 Å². The third-order valence-electron chi connectivity index (χ3n) is 1.30. The number of carbonyl (C=O) groups is 1. The van der Waals surface area contributed by atoms with Gasteiger partial charge in [0.25, 0.3) is 6.17 Å². The van der Waals surface area contributed by atoms with E-state index in [4.69, 9.17) is 0 Å². The first-order chi connectivity index (χ1) is 7.11. The lowest BCUT2D eigenvalue weighted by atomic mass is 10.2. The molecule has 0 aromatic rings. The molecule has 0 bridgehead atoms. The lowest BCUT2D eigenvalue weighted by Crippen LogP contribution is -2.45. The van der Waals surface area contributed by atoms with Gasteiger partial charge in [-0.2, -0.15) is 22.0 Å². The van der Waals surface area contributed by atoms with Crippen molar-refractivity contribution in [2.24, 2.45) is 0 Å². The number of rotatable bonds is 4. The number of ether oxygens (including phenoxy) is 2. The molecular weight excluding hydrogens is 246 g/mol. The molecule has 0 aliphatic carbocycles. The van der Waals surface area contributed by atoms with Crippen LogP contribution < -0.4 is 0 Å². The van der Waals surface area contributed by atoms with E-state index in [9.17, 15) is 31.1 Å². The van der Waals surface area contributed by atoms with Crippen LogP contribution >= 0.6 is 0 Å². The molecule has 0 spiro atoms. The maximum absolute atomic E-state index is 12.5. The quantitative estimate of drug-likeness (QED) is 0.571. The van der Waals surface area contributed by atoms with Crippen LogP contribution in [0.25, 0.3) is 0 Å². The van der Waals surface area contributed by atoms with Gasteiger partial charge in [0.15, 0.2) is 6.61 Å². The van der Waals surface area contributed by atoms with Crippen LogP contribution in [0.15, 0.2) is 0 Å². The van der Waals surface area contributed by atoms with Gasteiger partial charge in [0.05, 0.1) is 6.61 Å². The molecule has 0 rings (SSSR count). The van der Waals surface area contributed by atoms with Gasteiger partial charge in [0.2, 0.25) is 0 Å². The highest BCUT2D eigenvalue weighted by atomic mass is 19.4. The standard InChI is InChI=1S/C7H8F6O3/c1-2-15-5(14)16-3-6(9,10)4(8)7(11,12)13/h4H,2-3H2,1H3/t4-/m1/s1. The van der Waals surface area contributed by atoms with E-state index in [1.165, 1.54) is 6.92 Å². The zero-order valence-electron chi connectivity index (χ0n) is 7.98. The van der Waals surface area contributed by atoms with Crippen molar-refractivity contribution in [1.29, 1.82) is 0 Å². The smallest absolute Gasteiger partial charge is 0.435 e. The Morgan fingerprint density at radius 1 is 1.19 bits per heavy atom. The van der Waals surface area contributed by atoms with E-state index >= 15 is 0 Å². The van der Waals surface area contributed by atoms with E-state index in [1.807, 2.05) is 0 Å². The van der Waals surface area contributed by atoms with Crippen molar-refractivity contribution in [2.75, 3.05) is 13.2 Å². The first kappa shape index (κ1) is 14.8. The second-order valence-electron chi connectivity index (χ2n) is 2.64. The van der Waals surface area contributed by atoms with E-state index in [-0.39, 0.29) is 6.61 Å². The normalized spacial score (nSPS) is 14.4. The predicted octanol–water partition coefficient (Wildman–Crippen LogP) is 2.70. The van der Waals surface area contributed by atoms with Crippen molar-refractivity contribution < 1.29 is 40.6 Å². The zero-order valence-corrected chi connectivity index (χ0v) is 7.98. The molecule has 0 heterocycles. The second-order valence-corrected chi connectivity index (χ2v) is 2.64. The number of carbonyl (C=O) groups excluding carboxylic acids is 1. The Hall–Kier alpha value is -1.15. The Morgan fingerprint density at radius 2 is 1.69 bits per heavy atom. The average Bonchev–Trinajstić information content (AvgIpc) is 2.13. The molecule has 0 fully saturated rings. The van der Waals surface area contributed by atoms with Crippen LogP contribution in [0.3, 0.4) is 0 Å². The SMILES string of the molecule is CCOC(=O)OCC(F)(F)[C@@H](F)C(F)(F)F. The Morgan fingerprint density at radius 3 is 2.06 bits per heavy atom. The summed E-state index contributed by atoms with van der Waals surface area (Å²) >= 11 is 0. The summed E-state index contributed by atoms with van der Waals surface area (Å²) in [7, 11) is 0. The van der Waals surface area contributed by atoms with Gasteiger partial charge in [0, 0.05) is 0 Å². The molecule has 0 aromatic heterocycles. The summed E-state index contributed by atoms with van der Waals surface area (Å²) in [5.74, 6) is -4.84. The van der Waals surface area contributed by atoms with Crippen molar-refractivity contribution in [3.63, 3.8) is 0 Å². The van der Waals surface area contributed by atoms with Crippen LogP contribution in [-0.4, -0.2) is 37.6 Å². The molecule has 1 atom stereocenters. The van der Waals surface area contributed by atoms with Crippen LogP contribution in [0.1, 0.15) is 6.92 Å². The molecule has 0 unspecified atom stereocenters. The summed E-state index contributed by atoms with van der Waals surface area (Å²) in [5.41, 5.74) is 0. The minimum Gasteiger partial charge on any atom is -0.435 e. The van der Waals surface area contributed by atoms with Crippen LogP contribution in [0.2, 0.25) is 0 Å². The fourth-order valence-corrected chi connectivity index (χ4v) is 0.627. The van der Waals surface area contributed by atoms with Gasteiger partial charge >= 0.3 is 18.3 Å². The molecule has 0 saturated heterocycles. The molecule has 3 nitrogen and oxygen atoms in total. The Labute approximate surface area is 86.3 Å². The third-order valence-corrected chi connectivity index (χ3v) is 1.30. The largest absolute Gasteiger partial charge is 0.508 e.